The first-order chi connectivity index (χ1) is 35.3. The Hall–Kier alpha value is -6.15. The van der Waals surface area contributed by atoms with Gasteiger partial charge in [-0.25, -0.2) is 13.1 Å². The highest BCUT2D eigenvalue weighted by Crippen LogP contribution is 2.55. The molecule has 2 aliphatic carbocycles. The number of nitro benzene ring substituents is 1. The number of aromatic amines is 1. The SMILES string of the molecule is CC(C)Oc1ccccc1[C@@H]1CCCN1C1CC2(CCN(c3ccc(C(=O)NS(=O)(=O)c4cc5c(c([N+](=O)[O-])c4)N[C@@H](CC4CCC(O)CC4)CO5)c(N4c5cc6cc[nH]c6nc5O[C@@H]5COC[C@H]54)c3)CC2)C1. The molecule has 5 fully saturated rings. The molecular formula is C54H64N8O10S. The number of fused-ring (bicyclic) bond motifs is 4. The first kappa shape index (κ1) is 47.8. The van der Waals surface area contributed by atoms with Crippen LogP contribution in [0.15, 0.2) is 77.8 Å². The molecule has 2 saturated carbocycles. The molecule has 3 aromatic carbocycles. The van der Waals surface area contributed by atoms with Crippen LogP contribution in [0.25, 0.3) is 11.0 Å². The summed E-state index contributed by atoms with van der Waals surface area (Å²) in [5.74, 6) is 0.778. The molecule has 4 atom stereocenters. The van der Waals surface area contributed by atoms with Gasteiger partial charge in [0.1, 0.15) is 29.8 Å². The summed E-state index contributed by atoms with van der Waals surface area (Å²) in [5, 5.41) is 26.6. The third-order valence-corrected chi connectivity index (χ3v) is 18.1. The number of aromatic nitrogens is 2. The first-order valence-electron chi connectivity index (χ1n) is 26.2. The topological polar surface area (TPSA) is 214 Å². The number of amides is 1. The van der Waals surface area contributed by atoms with Crippen molar-refractivity contribution in [2.75, 3.05) is 54.6 Å². The van der Waals surface area contributed by atoms with Gasteiger partial charge in [0.2, 0.25) is 5.88 Å². The number of likely N-dealkylation sites (tertiary alicyclic amines) is 1. The van der Waals surface area contributed by atoms with Gasteiger partial charge < -0.3 is 44.2 Å². The van der Waals surface area contributed by atoms with Gasteiger partial charge in [0.15, 0.2) is 11.4 Å². The number of carbonyl (C=O) groups excluding carboxylic acids is 1. The first-order valence-corrected chi connectivity index (χ1v) is 27.7. The fourth-order valence-electron chi connectivity index (χ4n) is 13.0. The lowest BCUT2D eigenvalue weighted by Crippen LogP contribution is -2.55. The highest BCUT2D eigenvalue weighted by Gasteiger charge is 2.50. The van der Waals surface area contributed by atoms with E-state index in [1.807, 2.05) is 29.2 Å². The summed E-state index contributed by atoms with van der Waals surface area (Å²) >= 11 is 0. The summed E-state index contributed by atoms with van der Waals surface area (Å²) in [6.07, 6.45) is 11.7. The second-order valence-corrected chi connectivity index (χ2v) is 23.5. The number of aliphatic hydroxyl groups excluding tert-OH is 1. The number of pyridine rings is 1. The van der Waals surface area contributed by atoms with E-state index in [-0.39, 0.29) is 59.9 Å². The summed E-state index contributed by atoms with van der Waals surface area (Å²) in [4.78, 5) is 41.3. The van der Waals surface area contributed by atoms with Gasteiger partial charge in [0.05, 0.1) is 58.6 Å². The fourth-order valence-corrected chi connectivity index (χ4v) is 14.0. The lowest BCUT2D eigenvalue weighted by atomic mass is 9.60. The number of benzene rings is 3. The quantitative estimate of drug-likeness (QED) is 0.0683. The van der Waals surface area contributed by atoms with Gasteiger partial charge in [-0.2, -0.15) is 4.98 Å². The van der Waals surface area contributed by atoms with Crippen LogP contribution in [0.5, 0.6) is 17.4 Å². The Morgan fingerprint density at radius 2 is 1.79 bits per heavy atom. The molecule has 12 rings (SSSR count). The predicted octanol–water partition coefficient (Wildman–Crippen LogP) is 8.38. The molecule has 5 aromatic rings. The molecule has 2 aromatic heterocycles. The Bertz CT molecular complexity index is 3030. The minimum Gasteiger partial charge on any atom is -0.491 e. The molecule has 19 heteroatoms. The van der Waals surface area contributed by atoms with Crippen LogP contribution in [-0.2, 0) is 14.8 Å². The summed E-state index contributed by atoms with van der Waals surface area (Å²) in [6, 6.07) is 20.4. The number of rotatable bonds is 12. The molecule has 386 valence electrons. The Labute approximate surface area is 424 Å². The van der Waals surface area contributed by atoms with Crippen LogP contribution in [0.2, 0.25) is 0 Å². The van der Waals surface area contributed by atoms with E-state index in [0.29, 0.717) is 66.8 Å². The fraction of sp³-hybridized carbons (Fsp3) is 0.519. The van der Waals surface area contributed by atoms with Crippen LogP contribution in [-0.4, -0.2) is 115 Å². The van der Waals surface area contributed by atoms with Crippen molar-refractivity contribution in [1.29, 1.82) is 0 Å². The number of H-pyrrole nitrogens is 1. The lowest BCUT2D eigenvalue weighted by Gasteiger charge is -2.56. The number of ether oxygens (including phenoxy) is 4. The molecule has 7 heterocycles. The molecule has 18 nitrogen and oxygen atoms in total. The number of aliphatic hydroxyl groups is 1. The zero-order chi connectivity index (χ0) is 50.2. The number of carbonyl (C=O) groups is 1. The molecule has 4 N–H and O–H groups in total. The number of nitrogens with one attached hydrogen (secondary N) is 3. The van der Waals surface area contributed by atoms with Crippen molar-refractivity contribution >= 4 is 55.4 Å². The maximum absolute atomic E-state index is 14.8. The minimum absolute atomic E-state index is 0.0158. The van der Waals surface area contributed by atoms with E-state index in [4.69, 9.17) is 23.9 Å². The molecule has 1 amide bonds. The zero-order valence-electron chi connectivity index (χ0n) is 41.3. The molecule has 7 aliphatic rings. The van der Waals surface area contributed by atoms with E-state index in [9.17, 15) is 28.4 Å². The zero-order valence-corrected chi connectivity index (χ0v) is 42.2. The number of piperidine rings is 1. The lowest BCUT2D eigenvalue weighted by molar-refractivity contribution is -0.384. The van der Waals surface area contributed by atoms with Gasteiger partial charge in [-0.15, -0.1) is 0 Å². The second kappa shape index (κ2) is 19.0. The molecule has 5 aliphatic heterocycles. The average molecular weight is 1020 g/mol. The highest BCUT2D eigenvalue weighted by atomic mass is 32.2. The number of nitrogens with zero attached hydrogens (tertiary/aromatic N) is 5. The van der Waals surface area contributed by atoms with Crippen molar-refractivity contribution in [3.05, 3.63) is 94.2 Å². The Morgan fingerprint density at radius 1 is 0.986 bits per heavy atom. The van der Waals surface area contributed by atoms with E-state index in [1.54, 1.807) is 12.3 Å². The highest BCUT2D eigenvalue weighted by molar-refractivity contribution is 7.90. The van der Waals surface area contributed by atoms with Gasteiger partial charge in [-0.3, -0.25) is 19.8 Å². The van der Waals surface area contributed by atoms with Gasteiger partial charge in [-0.1, -0.05) is 18.2 Å². The van der Waals surface area contributed by atoms with Gasteiger partial charge in [0, 0.05) is 60.1 Å². The van der Waals surface area contributed by atoms with E-state index in [0.717, 1.165) is 87.5 Å². The molecule has 1 spiro atoms. The second-order valence-electron chi connectivity index (χ2n) is 21.8. The number of hydrogen-bond donors (Lipinski definition) is 4. The summed E-state index contributed by atoms with van der Waals surface area (Å²) < 4.78 is 55.7. The summed E-state index contributed by atoms with van der Waals surface area (Å²) in [7, 11) is -4.70. The van der Waals surface area contributed by atoms with Crippen molar-refractivity contribution in [3.8, 4) is 17.4 Å². The average Bonchev–Trinajstić information content (AvgIpc) is 4.17. The number of nitro groups is 1. The summed E-state index contributed by atoms with van der Waals surface area (Å²) in [5.41, 5.74) is 3.85. The molecular weight excluding hydrogens is 953 g/mol. The van der Waals surface area contributed by atoms with E-state index in [1.165, 1.54) is 18.1 Å². The van der Waals surface area contributed by atoms with Crippen LogP contribution in [0.4, 0.5) is 28.4 Å². The van der Waals surface area contributed by atoms with Crippen LogP contribution in [0, 0.1) is 21.4 Å². The van der Waals surface area contributed by atoms with Crippen LogP contribution in [0.3, 0.4) is 0 Å². The number of anilines is 4. The molecule has 0 bridgehead atoms. The van der Waals surface area contributed by atoms with Crippen LogP contribution < -0.4 is 34.0 Å². The van der Waals surface area contributed by atoms with Crippen molar-refractivity contribution in [1.82, 2.24) is 19.6 Å². The Kier molecular flexibility index (Phi) is 12.4. The van der Waals surface area contributed by atoms with Crippen molar-refractivity contribution < 1.29 is 42.2 Å². The van der Waals surface area contributed by atoms with Gasteiger partial charge in [0.25, 0.3) is 21.6 Å². The van der Waals surface area contributed by atoms with Crippen molar-refractivity contribution in [2.45, 2.75) is 132 Å². The van der Waals surface area contributed by atoms with Crippen LogP contribution >= 0.6 is 0 Å². The number of hydrogen-bond acceptors (Lipinski definition) is 15. The van der Waals surface area contributed by atoms with E-state index >= 15 is 0 Å². The molecule has 0 radical (unpaired) electrons. The van der Waals surface area contributed by atoms with Gasteiger partial charge in [-0.05, 0) is 139 Å². The third-order valence-electron chi connectivity index (χ3n) is 16.8. The molecule has 3 saturated heterocycles. The minimum atomic E-state index is -4.70. The Balaban J connectivity index is 0.813. The monoisotopic (exact) mass is 1020 g/mol. The van der Waals surface area contributed by atoms with Crippen molar-refractivity contribution in [2.24, 2.45) is 11.3 Å². The largest absolute Gasteiger partial charge is 0.491 e. The molecule has 0 unspecified atom stereocenters. The predicted molar refractivity (Wildman–Crippen MR) is 275 cm³/mol. The van der Waals surface area contributed by atoms with E-state index in [2.05, 4.69) is 62.9 Å². The number of para-hydroxylation sites is 1. The third kappa shape index (κ3) is 9.09. The smallest absolute Gasteiger partial charge is 0.297 e. The van der Waals surface area contributed by atoms with Crippen molar-refractivity contribution in [3.63, 3.8) is 0 Å². The van der Waals surface area contributed by atoms with E-state index < -0.39 is 37.5 Å². The number of sulfonamides is 1. The van der Waals surface area contributed by atoms with Crippen LogP contribution in [0.1, 0.15) is 106 Å². The maximum atomic E-state index is 14.8. The van der Waals surface area contributed by atoms with Gasteiger partial charge >= 0.3 is 0 Å². The summed E-state index contributed by atoms with van der Waals surface area (Å²) in [6.45, 7) is 7.65. The molecule has 73 heavy (non-hydrogen) atoms. The Morgan fingerprint density at radius 3 is 2.59 bits per heavy atom. The normalized spacial score (nSPS) is 25.8. The maximum Gasteiger partial charge on any atom is 0.297 e. The standard InChI is InChI=1S/C54H64N8O10S/c1-32(2)71-47-8-4-3-6-40(47)42-7-5-19-60(42)37-27-54(28-37)16-20-59(21-17-54)36-11-14-41(43(24-36)61-45-23-34-15-18-55-51(34)57-53(45)72-49-31-69-30-46(49)61)52(64)58-73(67,68)39-25-44(62(65)66)50-48(26-39)70-29-35(56-50)22-33-9-12-38(63)13-10-33/h3-4,6,8,11,14-15,18,23-26,32-33,35,37-38,42,46,49,56,63H,5,7,9-10,12-13,16-17,19-22,27-31H2,1-2H3,(H,55,57)(H,58,64)/t33?,35-,38?,42-,46+,49+/m0/s1.